The van der Waals surface area contributed by atoms with Gasteiger partial charge in [0.2, 0.25) is 0 Å². The molecule has 0 aromatic heterocycles. The topological polar surface area (TPSA) is 12.0 Å². The summed E-state index contributed by atoms with van der Waals surface area (Å²) >= 11 is 0. The van der Waals surface area contributed by atoms with Gasteiger partial charge < -0.3 is 5.32 Å². The Hall–Kier alpha value is -0.250. The molecule has 1 aliphatic carbocycles. The molecule has 1 nitrogen and oxygen atoms in total. The van der Waals surface area contributed by atoms with Gasteiger partial charge in [-0.25, -0.2) is 0 Å². The smallest absolute Gasteiger partial charge is 0.311 e. The van der Waals surface area contributed by atoms with Gasteiger partial charge in [0.25, 0.3) is 0 Å². The van der Waals surface area contributed by atoms with Crippen LogP contribution in [0, 0.1) is 5.92 Å². The molecule has 0 bridgehead atoms. The number of hydrogen-bond acceptors (Lipinski definition) is 1. The van der Waals surface area contributed by atoms with Gasteiger partial charge in [0, 0.05) is 12.1 Å². The number of halogens is 3. The van der Waals surface area contributed by atoms with E-state index in [4.69, 9.17) is 0 Å². The van der Waals surface area contributed by atoms with Gasteiger partial charge in [0.1, 0.15) is 0 Å². The molecule has 2 unspecified atom stereocenters. The summed E-state index contributed by atoms with van der Waals surface area (Å²) < 4.78 is 37.8. The zero-order valence-corrected chi connectivity index (χ0v) is 8.69. The van der Waals surface area contributed by atoms with Crippen LogP contribution < -0.4 is 5.32 Å². The first-order valence-electron chi connectivity index (χ1n) is 5.24. The third kappa shape index (κ3) is 3.15. The highest BCUT2D eigenvalue weighted by Gasteiger charge is 2.45. The van der Waals surface area contributed by atoms with Gasteiger partial charge in [-0.2, -0.15) is 13.2 Å². The summed E-state index contributed by atoms with van der Waals surface area (Å²) in [6, 6.07) is -0.244. The van der Waals surface area contributed by atoms with Crippen LogP contribution in [0.2, 0.25) is 0 Å². The lowest BCUT2D eigenvalue weighted by atomic mass is 9.83. The fourth-order valence-corrected chi connectivity index (χ4v) is 2.15. The predicted molar refractivity (Wildman–Crippen MR) is 50.1 cm³/mol. The maximum Gasteiger partial charge on any atom is 0.393 e. The molecule has 0 aromatic carbocycles. The molecule has 1 aliphatic rings. The minimum atomic E-state index is -4.03. The van der Waals surface area contributed by atoms with Gasteiger partial charge in [0.15, 0.2) is 0 Å². The van der Waals surface area contributed by atoms with Crippen LogP contribution in [-0.2, 0) is 0 Å². The van der Waals surface area contributed by atoms with E-state index < -0.39 is 12.1 Å². The summed E-state index contributed by atoms with van der Waals surface area (Å²) in [5, 5.41) is 3.02. The molecule has 0 aliphatic heterocycles. The van der Waals surface area contributed by atoms with Crippen molar-refractivity contribution in [2.24, 2.45) is 5.92 Å². The Morgan fingerprint density at radius 2 is 1.71 bits per heavy atom. The van der Waals surface area contributed by atoms with Crippen molar-refractivity contribution in [1.29, 1.82) is 0 Å². The van der Waals surface area contributed by atoms with E-state index in [0.717, 1.165) is 6.42 Å². The van der Waals surface area contributed by atoms with E-state index >= 15 is 0 Å². The van der Waals surface area contributed by atoms with E-state index in [9.17, 15) is 13.2 Å². The quantitative estimate of drug-likeness (QED) is 0.736. The average molecular weight is 209 g/mol. The first kappa shape index (κ1) is 11.8. The Bertz CT molecular complexity index is 177. The van der Waals surface area contributed by atoms with Crippen LogP contribution in [0.25, 0.3) is 0 Å². The van der Waals surface area contributed by atoms with Crippen molar-refractivity contribution >= 4 is 0 Å². The van der Waals surface area contributed by atoms with Gasteiger partial charge in [-0.15, -0.1) is 0 Å². The van der Waals surface area contributed by atoms with Crippen LogP contribution in [-0.4, -0.2) is 18.3 Å². The van der Waals surface area contributed by atoms with Gasteiger partial charge in [0.05, 0.1) is 5.92 Å². The Labute approximate surface area is 83.1 Å². The molecule has 1 N–H and O–H groups in total. The summed E-state index contributed by atoms with van der Waals surface area (Å²) in [6.45, 7) is 3.78. The van der Waals surface area contributed by atoms with Crippen molar-refractivity contribution in [3.05, 3.63) is 0 Å². The molecule has 0 radical (unpaired) electrons. The van der Waals surface area contributed by atoms with Crippen LogP contribution >= 0.6 is 0 Å². The minimum Gasteiger partial charge on any atom is -0.311 e. The number of nitrogens with one attached hydrogen (secondary N) is 1. The molecule has 0 spiro atoms. The molecule has 4 heteroatoms. The van der Waals surface area contributed by atoms with Crippen LogP contribution in [0.4, 0.5) is 13.2 Å². The Morgan fingerprint density at radius 3 is 2.21 bits per heavy atom. The Balaban J connectivity index is 2.59. The molecule has 2 atom stereocenters. The van der Waals surface area contributed by atoms with Gasteiger partial charge in [-0.3, -0.25) is 0 Å². The minimum absolute atomic E-state index is 0.128. The van der Waals surface area contributed by atoms with Crippen molar-refractivity contribution < 1.29 is 13.2 Å². The maximum atomic E-state index is 12.6. The fraction of sp³-hybridized carbons (Fsp3) is 1.00. The van der Waals surface area contributed by atoms with Crippen molar-refractivity contribution in [2.45, 2.75) is 57.8 Å². The Morgan fingerprint density at radius 1 is 1.14 bits per heavy atom. The van der Waals surface area contributed by atoms with Crippen molar-refractivity contribution in [2.75, 3.05) is 0 Å². The third-order valence-electron chi connectivity index (χ3n) is 2.73. The highest BCUT2D eigenvalue weighted by Crippen LogP contribution is 2.37. The monoisotopic (exact) mass is 209 g/mol. The molecule has 0 saturated heterocycles. The summed E-state index contributed by atoms with van der Waals surface area (Å²) in [5.74, 6) is -1.14. The molecule has 1 rings (SSSR count). The lowest BCUT2D eigenvalue weighted by Crippen LogP contribution is -2.47. The lowest BCUT2D eigenvalue weighted by Gasteiger charge is -2.34. The van der Waals surface area contributed by atoms with E-state index in [1.807, 2.05) is 13.8 Å². The summed E-state index contributed by atoms with van der Waals surface area (Å²) in [6.07, 6.45) is -1.47. The first-order chi connectivity index (χ1) is 6.41. The maximum absolute atomic E-state index is 12.6. The first-order valence-corrected chi connectivity index (χ1v) is 5.24. The van der Waals surface area contributed by atoms with Crippen LogP contribution in [0.5, 0.6) is 0 Å². The van der Waals surface area contributed by atoms with E-state index in [1.54, 1.807) is 0 Å². The van der Waals surface area contributed by atoms with E-state index in [-0.39, 0.29) is 18.5 Å². The number of rotatable bonds is 2. The second-order valence-corrected chi connectivity index (χ2v) is 4.36. The predicted octanol–water partition coefficient (Wildman–Crippen LogP) is 3.11. The summed E-state index contributed by atoms with van der Waals surface area (Å²) in [7, 11) is 0. The van der Waals surface area contributed by atoms with Crippen LogP contribution in [0.15, 0.2) is 0 Å². The molecule has 1 fully saturated rings. The zero-order valence-electron chi connectivity index (χ0n) is 8.69. The number of hydrogen-bond donors (Lipinski definition) is 1. The second kappa shape index (κ2) is 4.51. The highest BCUT2D eigenvalue weighted by molar-refractivity contribution is 4.86. The Kier molecular flexibility index (Phi) is 3.81. The standard InChI is InChI=1S/C10H18F3N/c1-7(2)14-9-6-4-3-5-8(9)10(11,12)13/h7-9,14H,3-6H2,1-2H3. The zero-order chi connectivity index (χ0) is 10.8. The van der Waals surface area contributed by atoms with E-state index in [2.05, 4.69) is 5.32 Å². The largest absolute Gasteiger partial charge is 0.393 e. The molecule has 0 heterocycles. The molecular formula is C10H18F3N. The molecular weight excluding hydrogens is 191 g/mol. The van der Waals surface area contributed by atoms with Crippen molar-refractivity contribution in [1.82, 2.24) is 5.32 Å². The van der Waals surface area contributed by atoms with Crippen LogP contribution in [0.3, 0.4) is 0 Å². The van der Waals surface area contributed by atoms with Gasteiger partial charge in [-0.05, 0) is 12.8 Å². The van der Waals surface area contributed by atoms with Crippen molar-refractivity contribution in [3.63, 3.8) is 0 Å². The molecule has 14 heavy (non-hydrogen) atoms. The normalized spacial score (nSPS) is 29.6. The summed E-state index contributed by atoms with van der Waals surface area (Å²) in [5.41, 5.74) is 0. The second-order valence-electron chi connectivity index (χ2n) is 4.36. The molecule has 84 valence electrons. The van der Waals surface area contributed by atoms with E-state index in [1.165, 1.54) is 0 Å². The molecule has 1 saturated carbocycles. The van der Waals surface area contributed by atoms with E-state index in [0.29, 0.717) is 12.8 Å². The third-order valence-corrected chi connectivity index (χ3v) is 2.73. The molecule has 0 aromatic rings. The van der Waals surface area contributed by atoms with Gasteiger partial charge in [-0.1, -0.05) is 26.7 Å². The van der Waals surface area contributed by atoms with Gasteiger partial charge >= 0.3 is 6.18 Å². The van der Waals surface area contributed by atoms with Crippen LogP contribution in [0.1, 0.15) is 39.5 Å². The fourth-order valence-electron chi connectivity index (χ4n) is 2.15. The lowest BCUT2D eigenvalue weighted by molar-refractivity contribution is -0.189. The highest BCUT2D eigenvalue weighted by atomic mass is 19.4. The summed E-state index contributed by atoms with van der Waals surface area (Å²) in [4.78, 5) is 0. The molecule has 0 amide bonds. The average Bonchev–Trinajstić information content (AvgIpc) is 2.01. The SMILES string of the molecule is CC(C)NC1CCCCC1C(F)(F)F. The van der Waals surface area contributed by atoms with Crippen molar-refractivity contribution in [3.8, 4) is 0 Å². The number of alkyl halides is 3.